The number of nitrogens with one attached hydrogen (secondary N) is 1. The Hall–Kier alpha value is -2.08. The molecule has 0 saturated heterocycles. The van der Waals surface area contributed by atoms with Crippen molar-refractivity contribution in [1.29, 1.82) is 0 Å². The second-order valence-corrected chi connectivity index (χ2v) is 6.28. The Kier molecular flexibility index (Phi) is 7.55. The molecular formula is C18H23NO4S. The molecule has 1 aromatic carbocycles. The third-order valence-corrected chi connectivity index (χ3v) is 4.46. The fraction of sp³-hybridized carbons (Fsp3) is 0.389. The average Bonchev–Trinajstić information content (AvgIpc) is 3.12. The summed E-state index contributed by atoms with van der Waals surface area (Å²) in [6, 6.07) is 9.55. The van der Waals surface area contributed by atoms with Gasteiger partial charge in [0, 0.05) is 18.7 Å². The number of hydrogen-bond donors (Lipinski definition) is 1. The topological polar surface area (TPSA) is 60.7 Å². The molecule has 130 valence electrons. The van der Waals surface area contributed by atoms with E-state index in [0.717, 1.165) is 22.8 Å². The maximum absolute atomic E-state index is 11.9. The van der Waals surface area contributed by atoms with E-state index in [2.05, 4.69) is 5.32 Å². The van der Waals surface area contributed by atoms with E-state index < -0.39 is 0 Å². The average molecular weight is 349 g/mol. The molecule has 0 aliphatic rings. The van der Waals surface area contributed by atoms with E-state index in [-0.39, 0.29) is 5.91 Å². The smallest absolute Gasteiger partial charge is 0.220 e. The molecule has 1 heterocycles. The number of hydrogen-bond acceptors (Lipinski definition) is 5. The lowest BCUT2D eigenvalue weighted by Crippen LogP contribution is -2.25. The fourth-order valence-electron chi connectivity index (χ4n) is 2.21. The van der Waals surface area contributed by atoms with Crippen LogP contribution in [0.2, 0.25) is 0 Å². The molecule has 0 aliphatic carbocycles. The van der Waals surface area contributed by atoms with Crippen molar-refractivity contribution in [3.63, 3.8) is 0 Å². The number of furan rings is 1. The van der Waals surface area contributed by atoms with E-state index in [0.29, 0.717) is 30.9 Å². The molecule has 0 bridgehead atoms. The van der Waals surface area contributed by atoms with E-state index in [4.69, 9.17) is 13.9 Å². The normalized spacial score (nSPS) is 10.4. The van der Waals surface area contributed by atoms with Crippen LogP contribution in [0.1, 0.15) is 17.7 Å². The van der Waals surface area contributed by atoms with E-state index in [1.54, 1.807) is 32.2 Å². The first kappa shape index (κ1) is 18.3. The third-order valence-electron chi connectivity index (χ3n) is 3.48. The van der Waals surface area contributed by atoms with Gasteiger partial charge in [0.05, 0.1) is 26.2 Å². The van der Waals surface area contributed by atoms with Gasteiger partial charge in [0.1, 0.15) is 5.76 Å². The molecule has 0 unspecified atom stereocenters. The molecule has 6 heteroatoms. The van der Waals surface area contributed by atoms with Gasteiger partial charge in [-0.2, -0.15) is 11.8 Å². The van der Waals surface area contributed by atoms with Crippen LogP contribution in [-0.4, -0.2) is 32.4 Å². The lowest BCUT2D eigenvalue weighted by molar-refractivity contribution is -0.120. The predicted octanol–water partition coefficient (Wildman–Crippen LogP) is 3.28. The Morgan fingerprint density at radius 2 is 2.04 bits per heavy atom. The minimum Gasteiger partial charge on any atom is -0.493 e. The molecule has 2 aromatic rings. The summed E-state index contributed by atoms with van der Waals surface area (Å²) < 4.78 is 15.7. The first-order valence-corrected chi connectivity index (χ1v) is 8.96. The molecule has 24 heavy (non-hydrogen) atoms. The van der Waals surface area contributed by atoms with Gasteiger partial charge in [0.2, 0.25) is 5.91 Å². The zero-order valence-corrected chi connectivity index (χ0v) is 14.9. The first-order chi connectivity index (χ1) is 11.7. The summed E-state index contributed by atoms with van der Waals surface area (Å²) in [5, 5.41) is 2.94. The largest absolute Gasteiger partial charge is 0.493 e. The van der Waals surface area contributed by atoms with Crippen LogP contribution in [0, 0.1) is 0 Å². The summed E-state index contributed by atoms with van der Waals surface area (Å²) in [5.41, 5.74) is 1.05. The Bertz CT molecular complexity index is 628. The summed E-state index contributed by atoms with van der Waals surface area (Å²) in [6.45, 7) is 0.663. The van der Waals surface area contributed by atoms with E-state index >= 15 is 0 Å². The molecule has 0 radical (unpaired) electrons. The van der Waals surface area contributed by atoms with Crippen LogP contribution >= 0.6 is 11.8 Å². The molecule has 5 nitrogen and oxygen atoms in total. The zero-order chi connectivity index (χ0) is 17.2. The Labute approximate surface area is 146 Å². The van der Waals surface area contributed by atoms with Gasteiger partial charge in [0.25, 0.3) is 0 Å². The number of aryl methyl sites for hydroxylation is 1. The minimum atomic E-state index is 0.0587. The van der Waals surface area contributed by atoms with Gasteiger partial charge in [0.15, 0.2) is 11.5 Å². The molecule has 0 atom stereocenters. The SMILES string of the molecule is COc1ccc(CCC(=O)NCCSCc2ccco2)cc1OC. The highest BCUT2D eigenvalue weighted by Gasteiger charge is 2.07. The lowest BCUT2D eigenvalue weighted by Gasteiger charge is -2.09. The fourth-order valence-corrected chi connectivity index (χ4v) is 2.97. The lowest BCUT2D eigenvalue weighted by atomic mass is 10.1. The van der Waals surface area contributed by atoms with Crippen molar-refractivity contribution in [2.45, 2.75) is 18.6 Å². The van der Waals surface area contributed by atoms with Gasteiger partial charge in [-0.25, -0.2) is 0 Å². The van der Waals surface area contributed by atoms with Crippen molar-refractivity contribution < 1.29 is 18.7 Å². The van der Waals surface area contributed by atoms with Crippen LogP contribution in [0.5, 0.6) is 11.5 Å². The van der Waals surface area contributed by atoms with Gasteiger partial charge in [-0.05, 0) is 36.2 Å². The van der Waals surface area contributed by atoms with E-state index in [1.807, 2.05) is 30.3 Å². The molecule has 1 aromatic heterocycles. The van der Waals surface area contributed by atoms with Crippen molar-refractivity contribution in [2.24, 2.45) is 0 Å². The van der Waals surface area contributed by atoms with Crippen molar-refractivity contribution in [1.82, 2.24) is 5.32 Å². The molecule has 1 N–H and O–H groups in total. The maximum atomic E-state index is 11.9. The van der Waals surface area contributed by atoms with Gasteiger partial charge in [-0.1, -0.05) is 6.07 Å². The molecule has 0 fully saturated rings. The van der Waals surface area contributed by atoms with Crippen molar-refractivity contribution in [2.75, 3.05) is 26.5 Å². The predicted molar refractivity (Wildman–Crippen MR) is 95.7 cm³/mol. The second-order valence-electron chi connectivity index (χ2n) is 5.17. The summed E-state index contributed by atoms with van der Waals surface area (Å²) in [4.78, 5) is 11.9. The second kappa shape index (κ2) is 9.93. The summed E-state index contributed by atoms with van der Waals surface area (Å²) in [6.07, 6.45) is 2.80. The van der Waals surface area contributed by atoms with E-state index in [1.165, 1.54) is 0 Å². The van der Waals surface area contributed by atoms with E-state index in [9.17, 15) is 4.79 Å². The molecule has 2 rings (SSSR count). The molecule has 0 aliphatic heterocycles. The number of methoxy groups -OCH3 is 2. The number of ether oxygens (including phenoxy) is 2. The third kappa shape index (κ3) is 5.85. The van der Waals surface area contributed by atoms with Gasteiger partial charge >= 0.3 is 0 Å². The number of carbonyl (C=O) groups excluding carboxylic acids is 1. The Morgan fingerprint density at radius 1 is 1.21 bits per heavy atom. The summed E-state index contributed by atoms with van der Waals surface area (Å²) >= 11 is 1.74. The van der Waals surface area contributed by atoms with Gasteiger partial charge < -0.3 is 19.2 Å². The first-order valence-electron chi connectivity index (χ1n) is 7.80. The number of rotatable bonds is 10. The van der Waals surface area contributed by atoms with Crippen LogP contribution in [0.15, 0.2) is 41.0 Å². The van der Waals surface area contributed by atoms with Crippen molar-refractivity contribution in [3.8, 4) is 11.5 Å². The molecule has 0 spiro atoms. The monoisotopic (exact) mass is 349 g/mol. The maximum Gasteiger partial charge on any atom is 0.220 e. The Morgan fingerprint density at radius 3 is 2.75 bits per heavy atom. The van der Waals surface area contributed by atoms with Crippen LogP contribution < -0.4 is 14.8 Å². The van der Waals surface area contributed by atoms with Gasteiger partial charge in [-0.3, -0.25) is 4.79 Å². The zero-order valence-electron chi connectivity index (χ0n) is 14.0. The molecule has 0 saturated carbocycles. The van der Waals surface area contributed by atoms with Crippen molar-refractivity contribution in [3.05, 3.63) is 47.9 Å². The quantitative estimate of drug-likeness (QED) is 0.667. The summed E-state index contributed by atoms with van der Waals surface area (Å²) in [7, 11) is 3.21. The number of amides is 1. The standard InChI is InChI=1S/C18H23NO4S/c1-21-16-7-5-14(12-17(16)22-2)6-8-18(20)19-9-11-24-13-15-4-3-10-23-15/h3-5,7,10,12H,6,8-9,11,13H2,1-2H3,(H,19,20). The van der Waals surface area contributed by atoms with Crippen LogP contribution in [0.25, 0.3) is 0 Å². The molecule has 1 amide bonds. The number of thioether (sulfide) groups is 1. The van der Waals surface area contributed by atoms with Crippen molar-refractivity contribution >= 4 is 17.7 Å². The molecular weight excluding hydrogens is 326 g/mol. The highest BCUT2D eigenvalue weighted by atomic mass is 32.2. The van der Waals surface area contributed by atoms with Crippen LogP contribution in [0.4, 0.5) is 0 Å². The number of benzene rings is 1. The summed E-state index contributed by atoms with van der Waals surface area (Å²) in [5.74, 6) is 4.09. The Balaban J connectivity index is 1.64. The van der Waals surface area contributed by atoms with Crippen LogP contribution in [0.3, 0.4) is 0 Å². The van der Waals surface area contributed by atoms with Gasteiger partial charge in [-0.15, -0.1) is 0 Å². The highest BCUT2D eigenvalue weighted by Crippen LogP contribution is 2.27. The number of carbonyl (C=O) groups is 1. The van der Waals surface area contributed by atoms with Crippen LogP contribution in [-0.2, 0) is 17.0 Å². The minimum absolute atomic E-state index is 0.0587. The highest BCUT2D eigenvalue weighted by molar-refractivity contribution is 7.98.